The molecule has 4 N–H and O–H groups in total. The van der Waals surface area contributed by atoms with E-state index in [0.29, 0.717) is 17.8 Å². The summed E-state index contributed by atoms with van der Waals surface area (Å²) in [6.07, 6.45) is 24.7. The molecule has 0 aromatic rings. The van der Waals surface area contributed by atoms with Crippen LogP contribution in [0.2, 0.25) is 0 Å². The number of hydrogen-bond donors (Lipinski definition) is 4. The van der Waals surface area contributed by atoms with Gasteiger partial charge in [0, 0.05) is 31.5 Å². The maximum absolute atomic E-state index is 4.51. The van der Waals surface area contributed by atoms with Crippen molar-refractivity contribution < 1.29 is 0 Å². The lowest BCUT2D eigenvalue weighted by atomic mass is 9.82. The average Bonchev–Trinajstić information content (AvgIpc) is 3.08. The highest BCUT2D eigenvalue weighted by atomic mass is 15.0. The minimum Gasteiger partial charge on any atom is -0.391 e. The van der Waals surface area contributed by atoms with Gasteiger partial charge in [-0.05, 0) is 99.1 Å². The van der Waals surface area contributed by atoms with Gasteiger partial charge in [0.05, 0.1) is 12.4 Å². The molecule has 1 heterocycles. The topological polar surface area (TPSA) is 60.5 Å². The van der Waals surface area contributed by atoms with Gasteiger partial charge in [0.25, 0.3) is 0 Å². The largest absolute Gasteiger partial charge is 0.391 e. The molecule has 0 aromatic heterocycles. The summed E-state index contributed by atoms with van der Waals surface area (Å²) in [6.45, 7) is 35.1. The van der Waals surface area contributed by atoms with Gasteiger partial charge in [-0.25, -0.2) is 0 Å². The number of rotatable bonds is 14. The van der Waals surface area contributed by atoms with Gasteiger partial charge in [0.2, 0.25) is 0 Å². The lowest BCUT2D eigenvalue weighted by molar-refractivity contribution is 0.527. The van der Waals surface area contributed by atoms with E-state index in [1.807, 2.05) is 40.1 Å². The fraction of sp³-hybridized carbons (Fsp3) is 0.585. The maximum Gasteiger partial charge on any atom is 0.0863 e. The molecule has 0 aromatic carbocycles. The average molecular weight is 634 g/mol. The third-order valence-corrected chi connectivity index (χ3v) is 8.11. The molecule has 260 valence electrons. The normalized spacial score (nSPS) is 21.2. The molecule has 1 aliphatic carbocycles. The Morgan fingerprint density at radius 2 is 1.87 bits per heavy atom. The van der Waals surface area contributed by atoms with E-state index in [9.17, 15) is 0 Å². The molecule has 0 amide bonds. The lowest BCUT2D eigenvalue weighted by Crippen LogP contribution is -2.39. The quantitative estimate of drug-likeness (QED) is 0.0874. The summed E-state index contributed by atoms with van der Waals surface area (Å²) in [6, 6.07) is 0.187. The zero-order chi connectivity index (χ0) is 34.7. The first-order valence-electron chi connectivity index (χ1n) is 18.1. The van der Waals surface area contributed by atoms with Gasteiger partial charge in [-0.1, -0.05) is 117 Å². The number of aliphatic imine (C=N–C) groups is 1. The molecule has 3 atom stereocenters. The number of nitrogens with zero attached hydrogens (tertiary/aromatic N) is 1. The summed E-state index contributed by atoms with van der Waals surface area (Å²) in [5.41, 5.74) is 8.04. The van der Waals surface area contributed by atoms with Crippen LogP contribution in [0, 0.1) is 17.8 Å². The molecule has 0 fully saturated rings. The van der Waals surface area contributed by atoms with Crippen LogP contribution in [0.5, 0.6) is 0 Å². The minimum absolute atomic E-state index is 0.187. The Bertz CT molecular complexity index is 1050. The van der Waals surface area contributed by atoms with Crippen LogP contribution in [0.3, 0.4) is 0 Å². The molecule has 5 heteroatoms. The second kappa shape index (κ2) is 27.1. The third kappa shape index (κ3) is 17.6. The van der Waals surface area contributed by atoms with Crippen molar-refractivity contribution in [2.45, 2.75) is 113 Å². The summed E-state index contributed by atoms with van der Waals surface area (Å²) in [5, 5.41) is 14.0. The van der Waals surface area contributed by atoms with Gasteiger partial charge in [0.1, 0.15) is 0 Å². The van der Waals surface area contributed by atoms with E-state index in [1.54, 1.807) is 6.20 Å². The molecule has 0 saturated carbocycles. The van der Waals surface area contributed by atoms with Crippen molar-refractivity contribution in [3.8, 4) is 0 Å². The molecule has 46 heavy (non-hydrogen) atoms. The molecule has 2 rings (SSSR count). The fourth-order valence-electron chi connectivity index (χ4n) is 5.64. The fourth-order valence-corrected chi connectivity index (χ4v) is 5.64. The summed E-state index contributed by atoms with van der Waals surface area (Å²) in [5.74, 6) is 1.34. The zero-order valence-corrected chi connectivity index (χ0v) is 31.3. The van der Waals surface area contributed by atoms with Crippen LogP contribution in [-0.2, 0) is 0 Å². The zero-order valence-electron chi connectivity index (χ0n) is 31.3. The number of hydrogen-bond acceptors (Lipinski definition) is 5. The Hall–Kier alpha value is -3.05. The van der Waals surface area contributed by atoms with Gasteiger partial charge >= 0.3 is 0 Å². The first-order chi connectivity index (χ1) is 22.3. The van der Waals surface area contributed by atoms with Crippen LogP contribution < -0.4 is 21.3 Å². The second-order valence-corrected chi connectivity index (χ2v) is 12.1. The Balaban J connectivity index is 0.00000486. The van der Waals surface area contributed by atoms with Crippen molar-refractivity contribution in [1.82, 2.24) is 21.3 Å². The van der Waals surface area contributed by atoms with Crippen molar-refractivity contribution in [1.29, 1.82) is 0 Å². The maximum atomic E-state index is 4.51. The van der Waals surface area contributed by atoms with Crippen molar-refractivity contribution in [2.24, 2.45) is 22.7 Å². The van der Waals surface area contributed by atoms with Gasteiger partial charge in [0.15, 0.2) is 0 Å². The summed E-state index contributed by atoms with van der Waals surface area (Å²) in [4.78, 5) is 4.51. The molecular formula is C41H71N5. The van der Waals surface area contributed by atoms with Gasteiger partial charge in [-0.15, -0.1) is 0 Å². The molecule has 5 nitrogen and oxygen atoms in total. The summed E-state index contributed by atoms with van der Waals surface area (Å²) < 4.78 is 0. The minimum atomic E-state index is 0.187. The highest BCUT2D eigenvalue weighted by Gasteiger charge is 2.18. The molecule has 3 unspecified atom stereocenters. The molecule has 0 radical (unpaired) electrons. The van der Waals surface area contributed by atoms with E-state index in [1.165, 1.54) is 28.0 Å². The Morgan fingerprint density at radius 3 is 2.50 bits per heavy atom. The van der Waals surface area contributed by atoms with Crippen LogP contribution in [-0.4, -0.2) is 38.6 Å². The van der Waals surface area contributed by atoms with E-state index >= 15 is 0 Å². The number of nitrogens with one attached hydrogen (secondary N) is 4. The van der Waals surface area contributed by atoms with Crippen LogP contribution >= 0.6 is 0 Å². The first kappa shape index (κ1) is 43.0. The van der Waals surface area contributed by atoms with Crippen molar-refractivity contribution >= 4 is 6.34 Å². The lowest BCUT2D eigenvalue weighted by Gasteiger charge is -2.25. The monoisotopic (exact) mass is 634 g/mol. The predicted molar refractivity (Wildman–Crippen MR) is 208 cm³/mol. The second-order valence-electron chi connectivity index (χ2n) is 12.1. The number of allylic oxidation sites excluding steroid dienone is 9. The van der Waals surface area contributed by atoms with Crippen molar-refractivity contribution in [2.75, 3.05) is 26.2 Å². The van der Waals surface area contributed by atoms with E-state index in [4.69, 9.17) is 0 Å². The van der Waals surface area contributed by atoms with Crippen LogP contribution in [0.15, 0.2) is 101 Å². The Labute approximate surface area is 285 Å². The van der Waals surface area contributed by atoms with Gasteiger partial charge in [-0.3, -0.25) is 4.99 Å². The first-order valence-corrected chi connectivity index (χ1v) is 18.1. The van der Waals surface area contributed by atoms with Crippen LogP contribution in [0.25, 0.3) is 0 Å². The van der Waals surface area contributed by atoms with E-state index in [0.717, 1.165) is 76.7 Å². The van der Waals surface area contributed by atoms with Crippen LogP contribution in [0.1, 0.15) is 107 Å². The SMILES string of the molecule is C=CNCC/C(=C(/C=CC(C)C/C1=C/NC=NCCCCNCC(C(=C)C)N1)CC1C=C(CC)C(C=C)=CC1)C(C)C.CC.CC. The van der Waals surface area contributed by atoms with E-state index in [-0.39, 0.29) is 6.04 Å². The van der Waals surface area contributed by atoms with Crippen molar-refractivity contribution in [3.63, 3.8) is 0 Å². The van der Waals surface area contributed by atoms with E-state index < -0.39 is 0 Å². The molecule has 0 spiro atoms. The summed E-state index contributed by atoms with van der Waals surface area (Å²) >= 11 is 0. The highest BCUT2D eigenvalue weighted by Crippen LogP contribution is 2.33. The van der Waals surface area contributed by atoms with Crippen molar-refractivity contribution in [3.05, 3.63) is 96.1 Å². The molecular weight excluding hydrogens is 562 g/mol. The van der Waals surface area contributed by atoms with Crippen LogP contribution in [0.4, 0.5) is 0 Å². The predicted octanol–water partition coefficient (Wildman–Crippen LogP) is 9.93. The smallest absolute Gasteiger partial charge is 0.0863 e. The molecule has 0 saturated heterocycles. The Morgan fingerprint density at radius 1 is 1.13 bits per heavy atom. The standard InChI is InChI=1S/C37H59N5.2C2H6/c1-9-32-17-15-31(23-33(32)10-2)24-34(36(28(4)5)18-21-38-11-3)16-14-30(8)22-35-25-41-27-40-20-13-12-19-39-26-37(42-35)29(6)7;2*1-2/h9,11,14,16-17,23,25,27-28,30-31,37-39,42H,1,3,6,10,12-13,15,18-22,24,26H2,2,4-5,7-8H3,(H,40,41);2*1-2H3/b16-14?,35-25-,36-34+;;. The highest BCUT2D eigenvalue weighted by molar-refractivity contribution is 5.55. The molecule has 2 aliphatic rings. The Kier molecular flexibility index (Phi) is 25.3. The molecule has 0 bridgehead atoms. The summed E-state index contributed by atoms with van der Waals surface area (Å²) in [7, 11) is 0. The van der Waals surface area contributed by atoms with E-state index in [2.05, 4.69) is 111 Å². The molecule has 1 aliphatic heterocycles. The van der Waals surface area contributed by atoms with Gasteiger partial charge in [-0.2, -0.15) is 0 Å². The van der Waals surface area contributed by atoms with Gasteiger partial charge < -0.3 is 21.3 Å². The third-order valence-electron chi connectivity index (χ3n) is 8.11.